The van der Waals surface area contributed by atoms with Crippen LogP contribution in [0.3, 0.4) is 0 Å². The average molecular weight is 404 g/mol. The molecule has 0 spiro atoms. The van der Waals surface area contributed by atoms with Crippen molar-refractivity contribution in [1.82, 2.24) is 4.90 Å². The summed E-state index contributed by atoms with van der Waals surface area (Å²) in [4.78, 5) is 14.7. The van der Waals surface area contributed by atoms with Gasteiger partial charge in [-0.25, -0.2) is 8.42 Å². The van der Waals surface area contributed by atoms with Crippen LogP contribution in [0.15, 0.2) is 36.4 Å². The van der Waals surface area contributed by atoms with Crippen molar-refractivity contribution >= 4 is 21.6 Å². The monoisotopic (exact) mass is 404 g/mol. The maximum Gasteiger partial charge on any atom is 0.254 e. The molecule has 1 aliphatic rings. The summed E-state index contributed by atoms with van der Waals surface area (Å²) in [6.07, 6.45) is 1.08. The highest BCUT2D eigenvalue weighted by Crippen LogP contribution is 2.34. The number of amides is 1. The first-order valence-electron chi connectivity index (χ1n) is 9.03. The molecule has 0 atom stereocenters. The first kappa shape index (κ1) is 20.0. The SMILES string of the molecule is CCN(Cc1cccc2c1OCCO2)C(=O)c1ccc(C)c(NS(C)(=O)=O)c1. The van der Waals surface area contributed by atoms with Gasteiger partial charge in [-0.05, 0) is 37.6 Å². The number of aryl methyl sites for hydroxylation is 1. The molecule has 0 unspecified atom stereocenters. The molecule has 1 N–H and O–H groups in total. The summed E-state index contributed by atoms with van der Waals surface area (Å²) in [5.41, 5.74) is 2.43. The van der Waals surface area contributed by atoms with Crippen molar-refractivity contribution in [2.75, 3.05) is 30.7 Å². The summed E-state index contributed by atoms with van der Waals surface area (Å²) in [6, 6.07) is 10.6. The highest BCUT2D eigenvalue weighted by Gasteiger charge is 2.21. The van der Waals surface area contributed by atoms with Crippen LogP contribution in [0.4, 0.5) is 5.69 Å². The lowest BCUT2D eigenvalue weighted by atomic mass is 10.1. The van der Waals surface area contributed by atoms with Crippen LogP contribution in [0.1, 0.15) is 28.4 Å². The molecule has 0 aliphatic carbocycles. The number of carbonyl (C=O) groups excluding carboxylic acids is 1. The second-order valence-corrected chi connectivity index (χ2v) is 8.41. The number of anilines is 1. The number of hydrogen-bond donors (Lipinski definition) is 1. The third-order valence-electron chi connectivity index (χ3n) is 4.46. The number of nitrogens with one attached hydrogen (secondary N) is 1. The number of benzene rings is 2. The van der Waals surface area contributed by atoms with E-state index in [1.54, 1.807) is 30.0 Å². The summed E-state index contributed by atoms with van der Waals surface area (Å²) in [5, 5.41) is 0. The fourth-order valence-electron chi connectivity index (χ4n) is 3.04. The number of hydrogen-bond acceptors (Lipinski definition) is 5. The van der Waals surface area contributed by atoms with Crippen LogP contribution in [-0.2, 0) is 16.6 Å². The van der Waals surface area contributed by atoms with Crippen molar-refractivity contribution in [2.24, 2.45) is 0 Å². The van der Waals surface area contributed by atoms with Crippen LogP contribution in [-0.4, -0.2) is 45.2 Å². The van der Waals surface area contributed by atoms with Crippen LogP contribution in [0.25, 0.3) is 0 Å². The van der Waals surface area contributed by atoms with E-state index in [-0.39, 0.29) is 5.91 Å². The van der Waals surface area contributed by atoms with E-state index in [0.717, 1.165) is 17.4 Å². The largest absolute Gasteiger partial charge is 0.486 e. The normalized spacial score (nSPS) is 13.1. The molecule has 2 aromatic carbocycles. The van der Waals surface area contributed by atoms with Gasteiger partial charge in [0.05, 0.1) is 11.9 Å². The Bertz CT molecular complexity index is 988. The smallest absolute Gasteiger partial charge is 0.254 e. The summed E-state index contributed by atoms with van der Waals surface area (Å²) >= 11 is 0. The van der Waals surface area contributed by atoms with Gasteiger partial charge >= 0.3 is 0 Å². The molecular formula is C20H24N2O5S. The summed E-state index contributed by atoms with van der Waals surface area (Å²) in [6.45, 7) is 5.52. The fourth-order valence-corrected chi connectivity index (χ4v) is 3.66. The van der Waals surface area contributed by atoms with Gasteiger partial charge in [0.25, 0.3) is 5.91 Å². The lowest BCUT2D eigenvalue weighted by Gasteiger charge is -2.25. The molecule has 8 heteroatoms. The Hall–Kier alpha value is -2.74. The minimum Gasteiger partial charge on any atom is -0.486 e. The van der Waals surface area contributed by atoms with Crippen molar-refractivity contribution in [3.63, 3.8) is 0 Å². The number of nitrogens with zero attached hydrogens (tertiary/aromatic N) is 1. The molecule has 0 aromatic heterocycles. The van der Waals surface area contributed by atoms with E-state index in [0.29, 0.717) is 49.1 Å². The number of ether oxygens (including phenoxy) is 2. The first-order chi connectivity index (χ1) is 13.3. The second-order valence-electron chi connectivity index (χ2n) is 6.66. The zero-order valence-corrected chi connectivity index (χ0v) is 17.0. The zero-order chi connectivity index (χ0) is 20.3. The summed E-state index contributed by atoms with van der Waals surface area (Å²) in [5.74, 6) is 1.17. The van der Waals surface area contributed by atoms with Gasteiger partial charge in [0, 0.05) is 24.2 Å². The van der Waals surface area contributed by atoms with Gasteiger partial charge in [0.2, 0.25) is 10.0 Å². The van der Waals surface area contributed by atoms with E-state index >= 15 is 0 Å². The molecule has 0 fully saturated rings. The van der Waals surface area contributed by atoms with Gasteiger partial charge in [0.15, 0.2) is 11.5 Å². The van der Waals surface area contributed by atoms with Crippen molar-refractivity contribution in [1.29, 1.82) is 0 Å². The first-order valence-corrected chi connectivity index (χ1v) is 10.9. The Morgan fingerprint density at radius 3 is 2.64 bits per heavy atom. The molecule has 1 aliphatic heterocycles. The van der Waals surface area contributed by atoms with Crippen LogP contribution in [0.5, 0.6) is 11.5 Å². The Labute approximate surface area is 165 Å². The molecule has 0 saturated heterocycles. The predicted molar refractivity (Wildman–Crippen MR) is 107 cm³/mol. The molecule has 28 heavy (non-hydrogen) atoms. The van der Waals surface area contributed by atoms with E-state index in [2.05, 4.69) is 4.72 Å². The molecule has 3 rings (SSSR count). The zero-order valence-electron chi connectivity index (χ0n) is 16.2. The maximum absolute atomic E-state index is 13.1. The molecule has 150 valence electrons. The molecule has 0 bridgehead atoms. The van der Waals surface area contributed by atoms with Gasteiger partial charge in [-0.3, -0.25) is 9.52 Å². The van der Waals surface area contributed by atoms with E-state index in [4.69, 9.17) is 9.47 Å². The van der Waals surface area contributed by atoms with Crippen molar-refractivity contribution in [3.05, 3.63) is 53.1 Å². The average Bonchev–Trinajstić information content (AvgIpc) is 2.66. The van der Waals surface area contributed by atoms with E-state index in [1.165, 1.54) is 0 Å². The van der Waals surface area contributed by atoms with Gasteiger partial charge in [-0.2, -0.15) is 0 Å². The van der Waals surface area contributed by atoms with Crippen molar-refractivity contribution in [3.8, 4) is 11.5 Å². The van der Waals surface area contributed by atoms with Crippen molar-refractivity contribution in [2.45, 2.75) is 20.4 Å². The highest BCUT2D eigenvalue weighted by molar-refractivity contribution is 7.92. The Morgan fingerprint density at radius 1 is 1.18 bits per heavy atom. The molecule has 1 amide bonds. The van der Waals surface area contributed by atoms with Gasteiger partial charge in [0.1, 0.15) is 13.2 Å². The number of sulfonamides is 1. The molecule has 2 aromatic rings. The predicted octanol–water partition coefficient (Wildman–Crippen LogP) is 2.80. The molecule has 0 saturated carbocycles. The Kier molecular flexibility index (Phi) is 5.79. The van der Waals surface area contributed by atoms with Crippen molar-refractivity contribution < 1.29 is 22.7 Å². The van der Waals surface area contributed by atoms with Gasteiger partial charge in [-0.1, -0.05) is 18.2 Å². The summed E-state index contributed by atoms with van der Waals surface area (Å²) in [7, 11) is -3.43. The van der Waals surface area contributed by atoms with Crippen LogP contribution >= 0.6 is 0 Å². The minimum absolute atomic E-state index is 0.187. The molecule has 7 nitrogen and oxygen atoms in total. The van der Waals surface area contributed by atoms with E-state index < -0.39 is 10.0 Å². The molecule has 1 heterocycles. The third-order valence-corrected chi connectivity index (χ3v) is 5.05. The fraction of sp³-hybridized carbons (Fsp3) is 0.350. The van der Waals surface area contributed by atoms with Gasteiger partial charge in [-0.15, -0.1) is 0 Å². The van der Waals surface area contributed by atoms with Crippen LogP contribution in [0, 0.1) is 6.92 Å². The van der Waals surface area contributed by atoms with E-state index in [9.17, 15) is 13.2 Å². The van der Waals surface area contributed by atoms with Crippen LogP contribution in [0.2, 0.25) is 0 Å². The third kappa shape index (κ3) is 4.56. The quantitative estimate of drug-likeness (QED) is 0.800. The lowest BCUT2D eigenvalue weighted by Crippen LogP contribution is -2.31. The van der Waals surface area contributed by atoms with E-state index in [1.807, 2.05) is 25.1 Å². The summed E-state index contributed by atoms with van der Waals surface area (Å²) < 4.78 is 36.9. The van der Waals surface area contributed by atoms with Gasteiger partial charge < -0.3 is 14.4 Å². The second kappa shape index (κ2) is 8.10. The Morgan fingerprint density at radius 2 is 1.93 bits per heavy atom. The topological polar surface area (TPSA) is 84.9 Å². The Balaban J connectivity index is 1.86. The minimum atomic E-state index is -3.43. The number of para-hydroxylation sites is 1. The molecular weight excluding hydrogens is 380 g/mol. The lowest BCUT2D eigenvalue weighted by molar-refractivity contribution is 0.0749. The maximum atomic E-state index is 13.1. The van der Waals surface area contributed by atoms with Crippen LogP contribution < -0.4 is 14.2 Å². The number of fused-ring (bicyclic) bond motifs is 1. The molecule has 0 radical (unpaired) electrons. The standard InChI is InChI=1S/C20H24N2O5S/c1-4-22(13-16-6-5-7-18-19(16)27-11-10-26-18)20(23)15-9-8-14(2)17(12-15)21-28(3,24)25/h5-9,12,21H,4,10-11,13H2,1-3H3. The highest BCUT2D eigenvalue weighted by atomic mass is 32.2. The number of rotatable bonds is 6. The number of carbonyl (C=O) groups is 1.